The van der Waals surface area contributed by atoms with Crippen molar-refractivity contribution in [3.8, 4) is 22.8 Å². The number of ether oxygens (including phenoxy) is 2. The minimum Gasteiger partial charge on any atom is -0.454 e. The van der Waals surface area contributed by atoms with Crippen LogP contribution in [-0.4, -0.2) is 23.3 Å². The van der Waals surface area contributed by atoms with E-state index in [-0.39, 0.29) is 6.79 Å². The van der Waals surface area contributed by atoms with Crippen molar-refractivity contribution in [2.45, 2.75) is 26.2 Å². The average molecular weight is 376 g/mol. The first kappa shape index (κ1) is 18.1. The van der Waals surface area contributed by atoms with E-state index in [1.54, 1.807) is 0 Å². The number of benzene rings is 2. The van der Waals surface area contributed by atoms with Crippen molar-refractivity contribution in [2.24, 2.45) is 0 Å². The van der Waals surface area contributed by atoms with Crippen LogP contribution < -0.4 is 20.1 Å². The summed E-state index contributed by atoms with van der Waals surface area (Å²) in [6.07, 6.45) is 3.51. The number of hydrogen-bond acceptors (Lipinski definition) is 6. The predicted octanol–water partition coefficient (Wildman–Crippen LogP) is 5.22. The maximum atomic E-state index is 5.45. The Balaban J connectivity index is 1.59. The van der Waals surface area contributed by atoms with Gasteiger partial charge in [-0.05, 0) is 18.6 Å². The fourth-order valence-electron chi connectivity index (χ4n) is 3.05. The fourth-order valence-corrected chi connectivity index (χ4v) is 3.05. The number of nitrogens with zero attached hydrogens (tertiary/aromatic N) is 2. The van der Waals surface area contributed by atoms with E-state index in [1.165, 1.54) is 12.8 Å². The molecule has 1 aliphatic heterocycles. The summed E-state index contributed by atoms with van der Waals surface area (Å²) >= 11 is 0. The molecular formula is C22H24N4O2. The number of aromatic nitrogens is 2. The number of unbranched alkanes of at least 4 members (excludes halogenated alkanes) is 2. The van der Waals surface area contributed by atoms with Gasteiger partial charge in [-0.15, -0.1) is 0 Å². The molecular weight excluding hydrogens is 352 g/mol. The van der Waals surface area contributed by atoms with Gasteiger partial charge in [0.05, 0.1) is 5.69 Å². The molecule has 4 rings (SSSR count). The minimum absolute atomic E-state index is 0.255. The maximum absolute atomic E-state index is 5.45. The highest BCUT2D eigenvalue weighted by molar-refractivity contribution is 5.67. The molecule has 3 aromatic rings. The highest BCUT2D eigenvalue weighted by Gasteiger charge is 2.14. The molecule has 6 nitrogen and oxygen atoms in total. The summed E-state index contributed by atoms with van der Waals surface area (Å²) in [5.74, 6) is 2.83. The van der Waals surface area contributed by atoms with Crippen molar-refractivity contribution in [3.63, 3.8) is 0 Å². The molecule has 2 heterocycles. The van der Waals surface area contributed by atoms with Crippen molar-refractivity contribution < 1.29 is 9.47 Å². The highest BCUT2D eigenvalue weighted by Crippen LogP contribution is 2.35. The second-order valence-electron chi connectivity index (χ2n) is 6.65. The van der Waals surface area contributed by atoms with Crippen molar-refractivity contribution in [2.75, 3.05) is 24.0 Å². The van der Waals surface area contributed by atoms with Crippen LogP contribution in [0.25, 0.3) is 11.3 Å². The van der Waals surface area contributed by atoms with E-state index in [0.29, 0.717) is 5.95 Å². The molecule has 0 spiro atoms. The van der Waals surface area contributed by atoms with Crippen LogP contribution in [0.1, 0.15) is 26.2 Å². The molecule has 0 saturated heterocycles. The van der Waals surface area contributed by atoms with Crippen LogP contribution >= 0.6 is 0 Å². The van der Waals surface area contributed by atoms with Gasteiger partial charge in [-0.25, -0.2) is 4.98 Å². The molecule has 6 heteroatoms. The molecule has 2 N–H and O–H groups in total. The Morgan fingerprint density at radius 1 is 0.929 bits per heavy atom. The summed E-state index contributed by atoms with van der Waals surface area (Å²) in [7, 11) is 0. The first-order valence-corrected chi connectivity index (χ1v) is 9.67. The number of rotatable bonds is 8. The first-order valence-electron chi connectivity index (χ1n) is 9.67. The third-order valence-electron chi connectivity index (χ3n) is 4.51. The molecule has 1 aliphatic rings. The molecule has 0 amide bonds. The van der Waals surface area contributed by atoms with Gasteiger partial charge in [0, 0.05) is 29.9 Å². The fraction of sp³-hybridized carbons (Fsp3) is 0.273. The number of nitrogens with one attached hydrogen (secondary N) is 2. The Kier molecular flexibility index (Phi) is 5.56. The van der Waals surface area contributed by atoms with E-state index in [1.807, 2.05) is 54.6 Å². The van der Waals surface area contributed by atoms with Gasteiger partial charge in [-0.2, -0.15) is 4.98 Å². The van der Waals surface area contributed by atoms with E-state index >= 15 is 0 Å². The Morgan fingerprint density at radius 3 is 2.64 bits per heavy atom. The molecule has 1 aromatic heterocycles. The standard InChI is InChI=1S/C22H24N4O2/c1-2-3-7-12-23-21-14-18(16-8-5-4-6-9-16)25-22(26-21)24-17-10-11-19-20(13-17)28-15-27-19/h4-6,8-11,13-14H,2-3,7,12,15H2,1H3,(H2,23,24,25,26). The van der Waals surface area contributed by atoms with Gasteiger partial charge < -0.3 is 20.1 Å². The minimum atomic E-state index is 0.255. The molecule has 0 saturated carbocycles. The maximum Gasteiger partial charge on any atom is 0.231 e. The van der Waals surface area contributed by atoms with Crippen LogP contribution in [-0.2, 0) is 0 Å². The van der Waals surface area contributed by atoms with Crippen molar-refractivity contribution in [1.82, 2.24) is 9.97 Å². The van der Waals surface area contributed by atoms with E-state index in [0.717, 1.165) is 47.2 Å². The number of anilines is 3. The van der Waals surface area contributed by atoms with Gasteiger partial charge in [0.2, 0.25) is 12.7 Å². The largest absolute Gasteiger partial charge is 0.454 e. The predicted molar refractivity (Wildman–Crippen MR) is 111 cm³/mol. The van der Waals surface area contributed by atoms with Gasteiger partial charge >= 0.3 is 0 Å². The molecule has 0 unspecified atom stereocenters. The zero-order chi connectivity index (χ0) is 19.2. The van der Waals surface area contributed by atoms with Gasteiger partial charge in [0.15, 0.2) is 11.5 Å². The van der Waals surface area contributed by atoms with Crippen molar-refractivity contribution in [1.29, 1.82) is 0 Å². The van der Waals surface area contributed by atoms with Gasteiger partial charge in [-0.3, -0.25) is 0 Å². The summed E-state index contributed by atoms with van der Waals surface area (Å²) < 4.78 is 10.8. The van der Waals surface area contributed by atoms with E-state index in [2.05, 4.69) is 22.5 Å². The third-order valence-corrected chi connectivity index (χ3v) is 4.51. The van der Waals surface area contributed by atoms with Crippen LogP contribution in [0.4, 0.5) is 17.5 Å². The van der Waals surface area contributed by atoms with Crippen LogP contribution in [0.5, 0.6) is 11.5 Å². The van der Waals surface area contributed by atoms with Crippen molar-refractivity contribution in [3.05, 3.63) is 54.6 Å². The third kappa shape index (κ3) is 4.34. The smallest absolute Gasteiger partial charge is 0.231 e. The molecule has 0 radical (unpaired) electrons. The van der Waals surface area contributed by atoms with Crippen LogP contribution in [0.2, 0.25) is 0 Å². The summed E-state index contributed by atoms with van der Waals surface area (Å²) in [4.78, 5) is 9.34. The Hall–Kier alpha value is -3.28. The monoisotopic (exact) mass is 376 g/mol. The zero-order valence-corrected chi connectivity index (χ0v) is 15.9. The van der Waals surface area contributed by atoms with E-state index in [4.69, 9.17) is 14.5 Å². The Bertz CT molecular complexity index is 931. The molecule has 2 aromatic carbocycles. The summed E-state index contributed by atoms with van der Waals surface area (Å²) in [6.45, 7) is 3.35. The van der Waals surface area contributed by atoms with Gasteiger partial charge in [-0.1, -0.05) is 50.1 Å². The average Bonchev–Trinajstić information content (AvgIpc) is 3.20. The lowest BCUT2D eigenvalue weighted by Crippen LogP contribution is -2.06. The molecule has 144 valence electrons. The Morgan fingerprint density at radius 2 is 1.79 bits per heavy atom. The second-order valence-corrected chi connectivity index (χ2v) is 6.65. The highest BCUT2D eigenvalue weighted by atomic mass is 16.7. The molecule has 0 aliphatic carbocycles. The van der Waals surface area contributed by atoms with E-state index in [9.17, 15) is 0 Å². The zero-order valence-electron chi connectivity index (χ0n) is 15.9. The second kappa shape index (κ2) is 8.61. The summed E-state index contributed by atoms with van der Waals surface area (Å²) in [5, 5.41) is 6.71. The van der Waals surface area contributed by atoms with Crippen LogP contribution in [0, 0.1) is 0 Å². The van der Waals surface area contributed by atoms with E-state index < -0.39 is 0 Å². The van der Waals surface area contributed by atoms with Crippen LogP contribution in [0.15, 0.2) is 54.6 Å². The SMILES string of the molecule is CCCCCNc1cc(-c2ccccc2)nc(Nc2ccc3c(c2)OCO3)n1. The topological polar surface area (TPSA) is 68.3 Å². The molecule has 0 atom stereocenters. The normalized spacial score (nSPS) is 12.0. The van der Waals surface area contributed by atoms with Crippen molar-refractivity contribution >= 4 is 17.5 Å². The van der Waals surface area contributed by atoms with Gasteiger partial charge in [0.1, 0.15) is 5.82 Å². The molecule has 0 fully saturated rings. The van der Waals surface area contributed by atoms with Gasteiger partial charge in [0.25, 0.3) is 0 Å². The van der Waals surface area contributed by atoms with Crippen LogP contribution in [0.3, 0.4) is 0 Å². The summed E-state index contributed by atoms with van der Waals surface area (Å²) in [5.41, 5.74) is 2.78. The Labute approximate surface area is 164 Å². The first-order chi connectivity index (χ1) is 13.8. The molecule has 0 bridgehead atoms. The quantitative estimate of drug-likeness (QED) is 0.526. The number of fused-ring (bicyclic) bond motifs is 1. The lowest BCUT2D eigenvalue weighted by Gasteiger charge is -2.12. The molecule has 28 heavy (non-hydrogen) atoms. The number of hydrogen-bond donors (Lipinski definition) is 2. The lowest BCUT2D eigenvalue weighted by molar-refractivity contribution is 0.174. The lowest BCUT2D eigenvalue weighted by atomic mass is 10.1. The summed E-state index contributed by atoms with van der Waals surface area (Å²) in [6, 6.07) is 17.8.